The van der Waals surface area contributed by atoms with Gasteiger partial charge in [0.1, 0.15) is 0 Å². The average Bonchev–Trinajstić information content (AvgIpc) is 2.38. The minimum Gasteiger partial charge on any atom is -0.322 e. The molecule has 0 saturated carbocycles. The third-order valence-electron chi connectivity index (χ3n) is 2.60. The highest BCUT2D eigenvalue weighted by molar-refractivity contribution is 5.99. The summed E-state index contributed by atoms with van der Waals surface area (Å²) >= 11 is 0. The molecule has 1 rings (SSSR count). The Morgan fingerprint density at radius 2 is 2.00 bits per heavy atom. The molecule has 0 aliphatic carbocycles. The second-order valence-corrected chi connectivity index (χ2v) is 4.10. The van der Waals surface area contributed by atoms with Gasteiger partial charge in [0.2, 0.25) is 5.91 Å². The smallest absolute Gasteiger partial charge is 0.247 e. The third-order valence-corrected chi connectivity index (χ3v) is 2.60. The van der Waals surface area contributed by atoms with Crippen molar-refractivity contribution in [3.63, 3.8) is 0 Å². The van der Waals surface area contributed by atoms with Crippen molar-refractivity contribution in [1.29, 1.82) is 0 Å². The standard InChI is InChI=1S/C16H19NO/c1-4-6-9-13(3)12-14-10-7-8-11-15(14)17-16(18)5-2/h4-5,7-8,10-11H,1-3,6,9,12H2,(H,17,18). The van der Waals surface area contributed by atoms with Gasteiger partial charge in [-0.05, 0) is 37.0 Å². The first-order valence-corrected chi connectivity index (χ1v) is 5.96. The number of benzene rings is 1. The second kappa shape index (κ2) is 7.28. The quantitative estimate of drug-likeness (QED) is 0.569. The van der Waals surface area contributed by atoms with E-state index in [0.717, 1.165) is 36.1 Å². The van der Waals surface area contributed by atoms with Crippen molar-refractivity contribution in [3.8, 4) is 0 Å². The van der Waals surface area contributed by atoms with Gasteiger partial charge in [0, 0.05) is 5.69 Å². The lowest BCUT2D eigenvalue weighted by molar-refractivity contribution is -0.111. The predicted molar refractivity (Wildman–Crippen MR) is 77.5 cm³/mol. The summed E-state index contributed by atoms with van der Waals surface area (Å²) in [7, 11) is 0. The van der Waals surface area contributed by atoms with Crippen molar-refractivity contribution in [2.75, 3.05) is 5.32 Å². The minimum atomic E-state index is -0.195. The maximum Gasteiger partial charge on any atom is 0.247 e. The van der Waals surface area contributed by atoms with E-state index in [-0.39, 0.29) is 5.91 Å². The van der Waals surface area contributed by atoms with E-state index in [1.807, 2.05) is 30.3 Å². The fourth-order valence-electron chi connectivity index (χ4n) is 1.64. The van der Waals surface area contributed by atoms with Crippen molar-refractivity contribution < 1.29 is 4.79 Å². The molecule has 18 heavy (non-hydrogen) atoms. The normalized spacial score (nSPS) is 9.56. The molecule has 1 aromatic carbocycles. The molecule has 0 saturated heterocycles. The van der Waals surface area contributed by atoms with Gasteiger partial charge in [0.25, 0.3) is 0 Å². The van der Waals surface area contributed by atoms with Crippen LogP contribution in [0.1, 0.15) is 18.4 Å². The van der Waals surface area contributed by atoms with Crippen LogP contribution in [0.4, 0.5) is 5.69 Å². The van der Waals surface area contributed by atoms with Crippen molar-refractivity contribution in [1.82, 2.24) is 0 Å². The number of anilines is 1. The van der Waals surface area contributed by atoms with Crippen LogP contribution in [-0.4, -0.2) is 5.91 Å². The van der Waals surface area contributed by atoms with E-state index in [9.17, 15) is 4.79 Å². The molecule has 94 valence electrons. The molecule has 0 heterocycles. The molecule has 1 amide bonds. The zero-order valence-corrected chi connectivity index (χ0v) is 10.6. The summed E-state index contributed by atoms with van der Waals surface area (Å²) in [4.78, 5) is 11.3. The molecule has 0 fully saturated rings. The Hall–Kier alpha value is -2.09. The van der Waals surface area contributed by atoms with E-state index in [1.165, 1.54) is 6.08 Å². The second-order valence-electron chi connectivity index (χ2n) is 4.10. The van der Waals surface area contributed by atoms with Crippen LogP contribution in [0.5, 0.6) is 0 Å². The van der Waals surface area contributed by atoms with Gasteiger partial charge in [0.05, 0.1) is 0 Å². The van der Waals surface area contributed by atoms with Crippen molar-refractivity contribution in [2.24, 2.45) is 0 Å². The molecule has 2 heteroatoms. The highest BCUT2D eigenvalue weighted by atomic mass is 16.1. The lowest BCUT2D eigenvalue weighted by Gasteiger charge is -2.11. The molecule has 0 atom stereocenters. The van der Waals surface area contributed by atoms with Crippen LogP contribution in [0.2, 0.25) is 0 Å². The molecular weight excluding hydrogens is 222 g/mol. The van der Waals surface area contributed by atoms with E-state index >= 15 is 0 Å². The van der Waals surface area contributed by atoms with Gasteiger partial charge >= 0.3 is 0 Å². The summed E-state index contributed by atoms with van der Waals surface area (Å²) in [5, 5.41) is 2.80. The van der Waals surface area contributed by atoms with Gasteiger partial charge in [-0.2, -0.15) is 0 Å². The lowest BCUT2D eigenvalue weighted by Crippen LogP contribution is -2.09. The monoisotopic (exact) mass is 241 g/mol. The summed E-state index contributed by atoms with van der Waals surface area (Å²) in [6.07, 6.45) is 5.77. The molecule has 0 aliphatic rings. The van der Waals surface area contributed by atoms with Crippen LogP contribution in [0.25, 0.3) is 0 Å². The molecule has 0 radical (unpaired) electrons. The zero-order chi connectivity index (χ0) is 13.4. The number of nitrogens with one attached hydrogen (secondary N) is 1. The molecule has 0 bridgehead atoms. The molecule has 0 aliphatic heterocycles. The molecule has 0 aromatic heterocycles. The lowest BCUT2D eigenvalue weighted by atomic mass is 10.0. The van der Waals surface area contributed by atoms with Gasteiger partial charge in [-0.15, -0.1) is 6.58 Å². The van der Waals surface area contributed by atoms with Crippen molar-refractivity contribution >= 4 is 11.6 Å². The summed E-state index contributed by atoms with van der Waals surface area (Å²) < 4.78 is 0. The van der Waals surface area contributed by atoms with Crippen LogP contribution < -0.4 is 5.32 Å². The maximum absolute atomic E-state index is 11.3. The summed E-state index contributed by atoms with van der Waals surface area (Å²) in [6.45, 7) is 11.2. The topological polar surface area (TPSA) is 29.1 Å². The highest BCUT2D eigenvalue weighted by Gasteiger charge is 2.05. The van der Waals surface area contributed by atoms with E-state index in [1.54, 1.807) is 0 Å². The van der Waals surface area contributed by atoms with Crippen LogP contribution >= 0.6 is 0 Å². The van der Waals surface area contributed by atoms with Crippen LogP contribution in [0, 0.1) is 0 Å². The van der Waals surface area contributed by atoms with Gasteiger partial charge in [-0.1, -0.05) is 43.0 Å². The Kier molecular flexibility index (Phi) is 5.65. The summed E-state index contributed by atoms with van der Waals surface area (Å²) in [6, 6.07) is 7.74. The van der Waals surface area contributed by atoms with Gasteiger partial charge in [-0.25, -0.2) is 0 Å². The van der Waals surface area contributed by atoms with E-state index in [0.29, 0.717) is 0 Å². The molecule has 2 nitrogen and oxygen atoms in total. The summed E-state index contributed by atoms with van der Waals surface area (Å²) in [5.41, 5.74) is 3.03. The SMILES string of the molecule is C=CCCC(=C)Cc1ccccc1NC(=O)C=C. The predicted octanol–water partition coefficient (Wildman–Crippen LogP) is 3.88. The first-order valence-electron chi connectivity index (χ1n) is 5.96. The largest absolute Gasteiger partial charge is 0.322 e. The number of carbonyl (C=O) groups is 1. The number of carbonyl (C=O) groups excluding carboxylic acids is 1. The first-order chi connectivity index (χ1) is 8.67. The number of rotatable bonds is 7. The Labute approximate surface area is 109 Å². The van der Waals surface area contributed by atoms with Crippen LogP contribution in [0.15, 0.2) is 61.7 Å². The summed E-state index contributed by atoms with van der Waals surface area (Å²) in [5.74, 6) is -0.195. The molecule has 0 unspecified atom stereocenters. The minimum absolute atomic E-state index is 0.195. The number of hydrogen-bond donors (Lipinski definition) is 1. The Bertz CT molecular complexity index is 460. The van der Waals surface area contributed by atoms with Crippen molar-refractivity contribution in [3.05, 3.63) is 67.3 Å². The Balaban J connectivity index is 2.75. The van der Waals surface area contributed by atoms with Gasteiger partial charge < -0.3 is 5.32 Å². The average molecular weight is 241 g/mol. The fourth-order valence-corrected chi connectivity index (χ4v) is 1.64. The van der Waals surface area contributed by atoms with Crippen LogP contribution in [-0.2, 0) is 11.2 Å². The van der Waals surface area contributed by atoms with E-state index < -0.39 is 0 Å². The van der Waals surface area contributed by atoms with Crippen molar-refractivity contribution in [2.45, 2.75) is 19.3 Å². The van der Waals surface area contributed by atoms with Gasteiger partial charge in [0.15, 0.2) is 0 Å². The molecule has 0 spiro atoms. The van der Waals surface area contributed by atoms with E-state index in [4.69, 9.17) is 0 Å². The van der Waals surface area contributed by atoms with Gasteiger partial charge in [-0.3, -0.25) is 4.79 Å². The third kappa shape index (κ3) is 4.42. The first kappa shape index (κ1) is 14.0. The molecule has 1 aromatic rings. The number of para-hydroxylation sites is 1. The number of amides is 1. The molecular formula is C16H19NO. The van der Waals surface area contributed by atoms with E-state index in [2.05, 4.69) is 25.1 Å². The fraction of sp³-hybridized carbons (Fsp3) is 0.188. The Morgan fingerprint density at radius 3 is 2.67 bits per heavy atom. The highest BCUT2D eigenvalue weighted by Crippen LogP contribution is 2.20. The molecule has 1 N–H and O–H groups in total. The Morgan fingerprint density at radius 1 is 1.28 bits per heavy atom. The number of hydrogen-bond acceptors (Lipinski definition) is 1. The number of allylic oxidation sites excluding steroid dienone is 2. The maximum atomic E-state index is 11.3. The van der Waals surface area contributed by atoms with Crippen LogP contribution in [0.3, 0.4) is 0 Å². The zero-order valence-electron chi connectivity index (χ0n) is 10.6.